The second-order valence-electron chi connectivity index (χ2n) is 5.24. The second kappa shape index (κ2) is 6.52. The fourth-order valence-corrected chi connectivity index (χ4v) is 2.84. The van der Waals surface area contributed by atoms with Gasteiger partial charge in [0.15, 0.2) is 0 Å². The number of hydrogen-bond donors (Lipinski definition) is 0. The van der Waals surface area contributed by atoms with Crippen LogP contribution in [-0.4, -0.2) is 15.6 Å². The summed E-state index contributed by atoms with van der Waals surface area (Å²) in [6.45, 7) is 3.97. The summed E-state index contributed by atoms with van der Waals surface area (Å²) >= 11 is 3.14. The number of halogens is 2. The minimum atomic E-state index is -0.312. The maximum atomic E-state index is 13.2. The molecule has 0 spiro atoms. The van der Waals surface area contributed by atoms with Gasteiger partial charge in [0.05, 0.1) is 10.2 Å². The Bertz CT molecular complexity index is 679. The highest BCUT2D eigenvalue weighted by molar-refractivity contribution is 9.10. The molecule has 0 saturated heterocycles. The largest absolute Gasteiger partial charge is 0.299 e. The fourth-order valence-electron chi connectivity index (χ4n) is 2.41. The molecule has 0 radical (unpaired) electrons. The molecule has 0 aliphatic heterocycles. The van der Waals surface area contributed by atoms with Crippen LogP contribution in [-0.2, 0) is 24.7 Å². The van der Waals surface area contributed by atoms with Crippen molar-refractivity contribution in [3.05, 3.63) is 51.0 Å². The lowest BCUT2D eigenvalue weighted by molar-refractivity contribution is -0.118. The molecule has 0 aliphatic rings. The molecule has 21 heavy (non-hydrogen) atoms. The molecule has 112 valence electrons. The predicted molar refractivity (Wildman–Crippen MR) is 83.8 cm³/mol. The van der Waals surface area contributed by atoms with Crippen LogP contribution in [0.1, 0.15) is 28.9 Å². The van der Waals surface area contributed by atoms with E-state index >= 15 is 0 Å². The minimum Gasteiger partial charge on any atom is -0.299 e. The Morgan fingerprint density at radius 3 is 2.67 bits per heavy atom. The van der Waals surface area contributed by atoms with E-state index in [2.05, 4.69) is 21.0 Å². The van der Waals surface area contributed by atoms with E-state index in [1.54, 1.807) is 12.1 Å². The van der Waals surface area contributed by atoms with Gasteiger partial charge in [-0.3, -0.25) is 9.48 Å². The second-order valence-corrected chi connectivity index (χ2v) is 6.09. The topological polar surface area (TPSA) is 34.9 Å². The summed E-state index contributed by atoms with van der Waals surface area (Å²) in [7, 11) is 1.91. The smallest absolute Gasteiger partial charge is 0.137 e. The maximum Gasteiger partial charge on any atom is 0.137 e. The molecular weight excluding hydrogens is 335 g/mol. The SMILES string of the molecule is Cc1nn(C)c(C)c1CCC(=O)Cc1ccc(F)c(Br)c1. The van der Waals surface area contributed by atoms with Gasteiger partial charge in [0.25, 0.3) is 0 Å². The highest BCUT2D eigenvalue weighted by Crippen LogP contribution is 2.18. The highest BCUT2D eigenvalue weighted by atomic mass is 79.9. The summed E-state index contributed by atoms with van der Waals surface area (Å²) in [4.78, 5) is 12.1. The monoisotopic (exact) mass is 352 g/mol. The van der Waals surface area contributed by atoms with Crippen molar-refractivity contribution in [2.75, 3.05) is 0 Å². The van der Waals surface area contributed by atoms with E-state index in [9.17, 15) is 9.18 Å². The Balaban J connectivity index is 1.97. The Morgan fingerprint density at radius 2 is 2.10 bits per heavy atom. The fraction of sp³-hybridized carbons (Fsp3) is 0.375. The van der Waals surface area contributed by atoms with Crippen LogP contribution in [0, 0.1) is 19.7 Å². The zero-order chi connectivity index (χ0) is 15.6. The zero-order valence-corrected chi connectivity index (χ0v) is 14.0. The number of benzene rings is 1. The van der Waals surface area contributed by atoms with Crippen LogP contribution < -0.4 is 0 Å². The molecule has 0 bridgehead atoms. The molecule has 0 unspecified atom stereocenters. The van der Waals surface area contributed by atoms with Crippen LogP contribution in [0.3, 0.4) is 0 Å². The molecule has 5 heteroatoms. The van der Waals surface area contributed by atoms with Crippen molar-refractivity contribution in [1.29, 1.82) is 0 Å². The summed E-state index contributed by atoms with van der Waals surface area (Å²) in [6.07, 6.45) is 1.51. The molecule has 0 amide bonds. The lowest BCUT2D eigenvalue weighted by Crippen LogP contribution is -2.05. The summed E-state index contributed by atoms with van der Waals surface area (Å²) in [5.74, 6) is -0.163. The number of nitrogens with zero attached hydrogens (tertiary/aromatic N) is 2. The van der Waals surface area contributed by atoms with E-state index in [0.717, 1.165) is 22.5 Å². The van der Waals surface area contributed by atoms with E-state index in [1.807, 2.05) is 25.6 Å². The van der Waals surface area contributed by atoms with Crippen molar-refractivity contribution < 1.29 is 9.18 Å². The summed E-state index contributed by atoms with van der Waals surface area (Å²) in [5, 5.41) is 4.35. The standard InChI is InChI=1S/C16H18BrFN2O/c1-10-14(11(2)20(3)19-10)6-5-13(21)8-12-4-7-16(18)15(17)9-12/h4,7,9H,5-6,8H2,1-3H3. The van der Waals surface area contributed by atoms with Gasteiger partial charge in [-0.1, -0.05) is 6.07 Å². The normalized spacial score (nSPS) is 10.9. The van der Waals surface area contributed by atoms with Crippen molar-refractivity contribution in [1.82, 2.24) is 9.78 Å². The van der Waals surface area contributed by atoms with E-state index in [1.165, 1.54) is 6.07 Å². The van der Waals surface area contributed by atoms with Crippen molar-refractivity contribution >= 4 is 21.7 Å². The first-order chi connectivity index (χ1) is 9.88. The van der Waals surface area contributed by atoms with Gasteiger partial charge < -0.3 is 0 Å². The average Bonchev–Trinajstić information content (AvgIpc) is 2.66. The minimum absolute atomic E-state index is 0.149. The van der Waals surface area contributed by atoms with Gasteiger partial charge in [-0.05, 0) is 59.5 Å². The number of carbonyl (C=O) groups is 1. The molecule has 3 nitrogen and oxygen atoms in total. The van der Waals surface area contributed by atoms with Gasteiger partial charge in [-0.25, -0.2) is 4.39 Å². The predicted octanol–water partition coefficient (Wildman–Crippen LogP) is 3.68. The Morgan fingerprint density at radius 1 is 1.38 bits per heavy atom. The third-order valence-electron chi connectivity index (χ3n) is 3.70. The number of carbonyl (C=O) groups excluding carboxylic acids is 1. The van der Waals surface area contributed by atoms with Crippen LogP contribution in [0.5, 0.6) is 0 Å². The van der Waals surface area contributed by atoms with Gasteiger partial charge in [0.1, 0.15) is 11.6 Å². The summed E-state index contributed by atoms with van der Waals surface area (Å²) in [5.41, 5.74) is 4.05. The number of Topliss-reactive ketones (excluding diaryl/α,β-unsaturated/α-hetero) is 1. The van der Waals surface area contributed by atoms with Gasteiger partial charge in [0, 0.05) is 25.6 Å². The number of aromatic nitrogens is 2. The third-order valence-corrected chi connectivity index (χ3v) is 4.31. The molecule has 0 fully saturated rings. The summed E-state index contributed by atoms with van der Waals surface area (Å²) in [6, 6.07) is 4.69. The van der Waals surface area contributed by atoms with Gasteiger partial charge in [-0.15, -0.1) is 0 Å². The van der Waals surface area contributed by atoms with E-state index in [4.69, 9.17) is 0 Å². The molecule has 1 aromatic carbocycles. The number of rotatable bonds is 5. The molecule has 1 aromatic heterocycles. The molecule has 0 aliphatic carbocycles. The first-order valence-corrected chi connectivity index (χ1v) is 7.62. The molecule has 0 saturated carbocycles. The number of hydrogen-bond acceptors (Lipinski definition) is 2. The molecule has 1 heterocycles. The first-order valence-electron chi connectivity index (χ1n) is 6.83. The van der Waals surface area contributed by atoms with Crippen molar-refractivity contribution in [2.24, 2.45) is 7.05 Å². The quantitative estimate of drug-likeness (QED) is 0.822. The van der Waals surface area contributed by atoms with E-state index in [-0.39, 0.29) is 11.6 Å². The van der Waals surface area contributed by atoms with Gasteiger partial charge in [-0.2, -0.15) is 5.10 Å². The Labute approximate surface area is 132 Å². The molecule has 0 N–H and O–H groups in total. The maximum absolute atomic E-state index is 13.2. The zero-order valence-electron chi connectivity index (χ0n) is 12.4. The van der Waals surface area contributed by atoms with E-state index < -0.39 is 0 Å². The molecule has 0 atom stereocenters. The first kappa shape index (κ1) is 15.9. The van der Waals surface area contributed by atoms with Crippen molar-refractivity contribution in [3.8, 4) is 0 Å². The lowest BCUT2D eigenvalue weighted by Gasteiger charge is -2.04. The molecule has 2 rings (SSSR count). The lowest BCUT2D eigenvalue weighted by atomic mass is 10.0. The summed E-state index contributed by atoms with van der Waals surface area (Å²) < 4.78 is 15.4. The average molecular weight is 353 g/mol. The van der Waals surface area contributed by atoms with Crippen LogP contribution in [0.2, 0.25) is 0 Å². The molecular formula is C16H18BrFN2O. The van der Waals surface area contributed by atoms with Crippen LogP contribution >= 0.6 is 15.9 Å². The van der Waals surface area contributed by atoms with E-state index in [0.29, 0.717) is 23.7 Å². The van der Waals surface area contributed by atoms with Crippen molar-refractivity contribution in [3.63, 3.8) is 0 Å². The van der Waals surface area contributed by atoms with Gasteiger partial charge in [0.2, 0.25) is 0 Å². The Kier molecular flexibility index (Phi) is 4.93. The highest BCUT2D eigenvalue weighted by Gasteiger charge is 2.12. The molecule has 2 aromatic rings. The van der Waals surface area contributed by atoms with Crippen LogP contribution in [0.15, 0.2) is 22.7 Å². The van der Waals surface area contributed by atoms with Crippen molar-refractivity contribution in [2.45, 2.75) is 33.1 Å². The van der Waals surface area contributed by atoms with Crippen LogP contribution in [0.4, 0.5) is 4.39 Å². The number of ketones is 1. The number of aryl methyl sites for hydroxylation is 2. The van der Waals surface area contributed by atoms with Crippen LogP contribution in [0.25, 0.3) is 0 Å². The Hall–Kier alpha value is -1.49. The van der Waals surface area contributed by atoms with Gasteiger partial charge >= 0.3 is 0 Å². The third kappa shape index (κ3) is 3.79.